The highest BCUT2D eigenvalue weighted by molar-refractivity contribution is 7.98. The third-order valence-corrected chi connectivity index (χ3v) is 4.17. The van der Waals surface area contributed by atoms with Gasteiger partial charge in [-0.1, -0.05) is 51.6 Å². The normalized spacial score (nSPS) is 14.0. The van der Waals surface area contributed by atoms with Gasteiger partial charge in [0.25, 0.3) is 0 Å². The van der Waals surface area contributed by atoms with Crippen LogP contribution in [-0.4, -0.2) is 36.7 Å². The minimum absolute atomic E-state index is 0.147. The molecule has 0 bridgehead atoms. The van der Waals surface area contributed by atoms with E-state index >= 15 is 0 Å². The summed E-state index contributed by atoms with van der Waals surface area (Å²) in [6, 6.07) is 8.13. The molecule has 2 N–H and O–H groups in total. The molecule has 0 heterocycles. The van der Waals surface area contributed by atoms with Crippen LogP contribution < -0.4 is 16.2 Å². The van der Waals surface area contributed by atoms with Crippen LogP contribution >= 0.6 is 11.8 Å². The molecule has 0 aliphatic heterocycles. The predicted octanol–water partition coefficient (Wildman–Crippen LogP) is 2.81. The molecule has 0 saturated heterocycles. The first-order chi connectivity index (χ1) is 11.2. The molecule has 4 heteroatoms. The van der Waals surface area contributed by atoms with Gasteiger partial charge in [-0.25, -0.2) is 0 Å². The highest BCUT2D eigenvalue weighted by Crippen LogP contribution is 2.24. The number of allylic oxidation sites excluding steroid dienone is 1. The maximum atomic E-state index is 6.14. The van der Waals surface area contributed by atoms with E-state index in [1.807, 2.05) is 36.9 Å². The van der Waals surface area contributed by atoms with Crippen molar-refractivity contribution in [2.45, 2.75) is 27.7 Å². The molecule has 0 aromatic heterocycles. The Kier molecular flexibility index (Phi) is 7.61. The van der Waals surface area contributed by atoms with Gasteiger partial charge in [0.2, 0.25) is 0 Å². The fourth-order valence-electron chi connectivity index (χ4n) is 2.63. The van der Waals surface area contributed by atoms with Crippen LogP contribution in [0.3, 0.4) is 0 Å². The Bertz CT molecular complexity index is 694. The topological polar surface area (TPSA) is 41.6 Å². The van der Waals surface area contributed by atoms with Crippen molar-refractivity contribution in [2.24, 2.45) is 16.1 Å². The standard InChI is InChI=1S/C20H31N3S/c1-15-10-8-9-11-17(15)19(18(22-6)16(2)21)23(12-13-24-7)14-20(3,4)5/h8-11H,1,6,12-14,21H2,2-5,7H3/b18-16-,19-17+. The summed E-state index contributed by atoms with van der Waals surface area (Å²) in [7, 11) is 0. The molecule has 3 nitrogen and oxygen atoms in total. The number of rotatable bonds is 7. The number of nitrogens with two attached hydrogens (primary N) is 1. The molecule has 1 rings (SSSR count). The second-order valence-electron chi connectivity index (χ2n) is 7.17. The third kappa shape index (κ3) is 5.75. The van der Waals surface area contributed by atoms with Gasteiger partial charge >= 0.3 is 0 Å². The van der Waals surface area contributed by atoms with E-state index in [1.54, 1.807) is 0 Å². The monoisotopic (exact) mass is 345 g/mol. The van der Waals surface area contributed by atoms with Gasteiger partial charge in [-0.2, -0.15) is 11.8 Å². The minimum atomic E-state index is 0.147. The molecule has 0 amide bonds. The highest BCUT2D eigenvalue weighted by Gasteiger charge is 2.22. The summed E-state index contributed by atoms with van der Waals surface area (Å²) in [5.74, 6) is 1.03. The van der Waals surface area contributed by atoms with Crippen molar-refractivity contribution in [3.63, 3.8) is 0 Å². The van der Waals surface area contributed by atoms with E-state index in [0.29, 0.717) is 5.70 Å². The van der Waals surface area contributed by atoms with Gasteiger partial charge in [0, 0.05) is 29.8 Å². The van der Waals surface area contributed by atoms with Crippen LogP contribution in [0.1, 0.15) is 27.7 Å². The molecule has 0 fully saturated rings. The SMILES string of the molecule is C=NC(=C(/C)N)/C(=c1/ccccc1=C)N(CCSC)CC(C)(C)C. The molecule has 0 unspecified atom stereocenters. The van der Waals surface area contributed by atoms with Crippen molar-refractivity contribution >= 4 is 30.8 Å². The summed E-state index contributed by atoms with van der Waals surface area (Å²) >= 11 is 1.84. The van der Waals surface area contributed by atoms with Gasteiger partial charge in [0.15, 0.2) is 0 Å². The van der Waals surface area contributed by atoms with Gasteiger partial charge in [0.05, 0.1) is 5.70 Å². The lowest BCUT2D eigenvalue weighted by Crippen LogP contribution is -2.40. The van der Waals surface area contributed by atoms with Crippen LogP contribution in [0.5, 0.6) is 0 Å². The summed E-state index contributed by atoms with van der Waals surface area (Å²) in [5.41, 5.74) is 8.73. The Hall–Kier alpha value is -1.68. The maximum Gasteiger partial charge on any atom is 0.105 e. The lowest BCUT2D eigenvalue weighted by atomic mass is 9.95. The van der Waals surface area contributed by atoms with E-state index in [4.69, 9.17) is 5.73 Å². The molecule has 0 atom stereocenters. The first-order valence-corrected chi connectivity index (χ1v) is 9.56. The van der Waals surface area contributed by atoms with E-state index < -0.39 is 0 Å². The van der Waals surface area contributed by atoms with Crippen molar-refractivity contribution in [1.29, 1.82) is 0 Å². The molecule has 0 spiro atoms. The summed E-state index contributed by atoms with van der Waals surface area (Å²) in [6.45, 7) is 18.4. The van der Waals surface area contributed by atoms with Crippen LogP contribution in [0.2, 0.25) is 0 Å². The zero-order valence-corrected chi connectivity index (χ0v) is 16.5. The zero-order valence-electron chi connectivity index (χ0n) is 15.7. The molecule has 1 aromatic rings. The average Bonchev–Trinajstić information content (AvgIpc) is 2.48. The number of hydrogen-bond donors (Lipinski definition) is 1. The van der Waals surface area contributed by atoms with Gasteiger partial charge in [-0.15, -0.1) is 0 Å². The van der Waals surface area contributed by atoms with Crippen molar-refractivity contribution in [2.75, 3.05) is 25.1 Å². The lowest BCUT2D eigenvalue weighted by molar-refractivity contribution is 0.271. The van der Waals surface area contributed by atoms with Crippen molar-refractivity contribution in [1.82, 2.24) is 4.90 Å². The molecular weight excluding hydrogens is 314 g/mol. The number of nitrogens with zero attached hydrogens (tertiary/aromatic N) is 2. The number of aliphatic imine (C=N–C) groups is 1. The molecular formula is C20H31N3S. The second kappa shape index (κ2) is 8.97. The number of hydrogen-bond acceptors (Lipinski definition) is 4. The molecule has 0 saturated carbocycles. The Labute approximate surface area is 151 Å². The zero-order chi connectivity index (χ0) is 18.3. The summed E-state index contributed by atoms with van der Waals surface area (Å²) in [6.07, 6.45) is 2.13. The molecule has 0 aliphatic rings. The predicted molar refractivity (Wildman–Crippen MR) is 110 cm³/mol. The Morgan fingerprint density at radius 2 is 1.92 bits per heavy atom. The fraction of sp³-hybridized carbons (Fsp3) is 0.450. The van der Waals surface area contributed by atoms with Crippen LogP contribution in [0.15, 0.2) is 40.7 Å². The summed E-state index contributed by atoms with van der Waals surface area (Å²) < 4.78 is 0. The molecule has 0 aliphatic carbocycles. The average molecular weight is 346 g/mol. The first-order valence-electron chi connectivity index (χ1n) is 8.17. The highest BCUT2D eigenvalue weighted by atomic mass is 32.2. The maximum absolute atomic E-state index is 6.14. The number of thioether (sulfide) groups is 1. The van der Waals surface area contributed by atoms with Crippen LogP contribution in [0.4, 0.5) is 0 Å². The van der Waals surface area contributed by atoms with E-state index in [2.05, 4.69) is 56.3 Å². The van der Waals surface area contributed by atoms with Gasteiger partial charge in [0.1, 0.15) is 5.70 Å². The van der Waals surface area contributed by atoms with E-state index in [0.717, 1.165) is 40.7 Å². The quantitative estimate of drug-likeness (QED) is 0.773. The van der Waals surface area contributed by atoms with Gasteiger partial charge < -0.3 is 10.6 Å². The van der Waals surface area contributed by atoms with Crippen LogP contribution in [-0.2, 0) is 0 Å². The molecule has 0 radical (unpaired) electrons. The lowest BCUT2D eigenvalue weighted by Gasteiger charge is -2.34. The third-order valence-electron chi connectivity index (χ3n) is 3.58. The second-order valence-corrected chi connectivity index (χ2v) is 8.16. The molecule has 1 aromatic carbocycles. The minimum Gasteiger partial charge on any atom is -0.400 e. The van der Waals surface area contributed by atoms with Crippen LogP contribution in [0.25, 0.3) is 12.3 Å². The smallest absolute Gasteiger partial charge is 0.105 e. The first kappa shape index (κ1) is 20.4. The van der Waals surface area contributed by atoms with Gasteiger partial charge in [-0.3, -0.25) is 4.99 Å². The Morgan fingerprint density at radius 3 is 2.38 bits per heavy atom. The van der Waals surface area contributed by atoms with Crippen molar-refractivity contribution in [3.8, 4) is 0 Å². The van der Waals surface area contributed by atoms with E-state index in [-0.39, 0.29) is 5.41 Å². The molecule has 24 heavy (non-hydrogen) atoms. The van der Waals surface area contributed by atoms with Crippen molar-refractivity contribution in [3.05, 3.63) is 46.1 Å². The molecule has 132 valence electrons. The van der Waals surface area contributed by atoms with E-state index in [9.17, 15) is 0 Å². The summed E-state index contributed by atoms with van der Waals surface area (Å²) in [4.78, 5) is 6.63. The Balaban J connectivity index is 3.71. The van der Waals surface area contributed by atoms with Crippen LogP contribution in [0, 0.1) is 5.41 Å². The van der Waals surface area contributed by atoms with Gasteiger partial charge in [-0.05, 0) is 30.5 Å². The van der Waals surface area contributed by atoms with E-state index in [1.165, 1.54) is 0 Å². The Morgan fingerprint density at radius 1 is 1.29 bits per heavy atom. The van der Waals surface area contributed by atoms with Crippen molar-refractivity contribution < 1.29 is 0 Å². The summed E-state index contributed by atoms with van der Waals surface area (Å²) in [5, 5.41) is 2.04. The number of benzene rings is 1. The largest absolute Gasteiger partial charge is 0.400 e. The fourth-order valence-corrected chi connectivity index (χ4v) is 3.03.